The Kier molecular flexibility index (Phi) is 8.06. The number of carboxylic acids is 1. The van der Waals surface area contributed by atoms with Crippen molar-refractivity contribution in [1.29, 1.82) is 0 Å². The monoisotopic (exact) mass is 405 g/mol. The van der Waals surface area contributed by atoms with E-state index < -0.39 is 23.5 Å². The van der Waals surface area contributed by atoms with E-state index in [4.69, 9.17) is 10.5 Å². The lowest BCUT2D eigenvalue weighted by molar-refractivity contribution is -0.145. The summed E-state index contributed by atoms with van der Waals surface area (Å²) in [4.78, 5) is 13.3. The third kappa shape index (κ3) is 6.63. The van der Waals surface area contributed by atoms with E-state index in [1.165, 1.54) is 0 Å². The summed E-state index contributed by atoms with van der Waals surface area (Å²) in [5.74, 6) is -1.36. The van der Waals surface area contributed by atoms with Gasteiger partial charge in [-0.1, -0.05) is 18.6 Å². The van der Waals surface area contributed by atoms with Gasteiger partial charge in [-0.15, -0.1) is 5.69 Å². The van der Waals surface area contributed by atoms with Crippen molar-refractivity contribution in [3.05, 3.63) is 35.3 Å². The number of benzene rings is 1. The van der Waals surface area contributed by atoms with Crippen LogP contribution < -0.4 is 0 Å². The van der Waals surface area contributed by atoms with Crippen molar-refractivity contribution < 1.29 is 32.2 Å². The molecule has 28 heavy (non-hydrogen) atoms. The Hall–Kier alpha value is -1.87. The standard InChI is InChI=1S/C12H21NO3.C7H4F4N/c14-12(15)11-3-1-2-6-13(11)9-10-4-7-16-8-5-10;8-6-2-1-4(12)3-5(6)7(9,10)11/h10-11H,1-9H2,(H,14,15);1-3,12H/q;-1/t11-;/m0./s1. The van der Waals surface area contributed by atoms with Crippen LogP contribution in [0.4, 0.5) is 23.2 Å². The van der Waals surface area contributed by atoms with Gasteiger partial charge in [0.15, 0.2) is 0 Å². The van der Waals surface area contributed by atoms with Crippen LogP contribution in [0.1, 0.15) is 37.7 Å². The van der Waals surface area contributed by atoms with Crippen LogP contribution in [0.3, 0.4) is 0 Å². The first-order valence-corrected chi connectivity index (χ1v) is 9.31. The number of nitrogens with zero attached hydrogens (tertiary/aromatic N) is 1. The van der Waals surface area contributed by atoms with E-state index in [0.717, 1.165) is 64.5 Å². The van der Waals surface area contributed by atoms with Gasteiger partial charge in [0.25, 0.3) is 0 Å². The average Bonchev–Trinajstić information content (AvgIpc) is 2.64. The third-order valence-electron chi connectivity index (χ3n) is 5.00. The topological polar surface area (TPSA) is 73.6 Å². The van der Waals surface area contributed by atoms with Gasteiger partial charge in [0.2, 0.25) is 0 Å². The highest BCUT2D eigenvalue weighted by Gasteiger charge is 2.33. The number of rotatable bonds is 3. The van der Waals surface area contributed by atoms with E-state index in [1.54, 1.807) is 0 Å². The van der Waals surface area contributed by atoms with Crippen molar-refractivity contribution in [2.24, 2.45) is 5.92 Å². The Bertz CT molecular complexity index is 649. The SMILES string of the molecule is O=C(O)[C@@H]1CCCCN1CC1CCOCC1.[NH-]c1ccc(F)c(C(F)(F)F)c1. The van der Waals surface area contributed by atoms with Crippen LogP contribution in [0.15, 0.2) is 18.2 Å². The molecule has 0 aliphatic carbocycles. The number of ether oxygens (including phenoxy) is 1. The molecule has 0 aromatic heterocycles. The first-order valence-electron chi connectivity index (χ1n) is 9.31. The third-order valence-corrected chi connectivity index (χ3v) is 5.00. The minimum atomic E-state index is -4.72. The van der Waals surface area contributed by atoms with Gasteiger partial charge in [0.05, 0.1) is 5.56 Å². The van der Waals surface area contributed by atoms with Crippen molar-refractivity contribution >= 4 is 11.7 Å². The lowest BCUT2D eigenvalue weighted by Gasteiger charge is -2.36. The molecule has 2 aliphatic heterocycles. The van der Waals surface area contributed by atoms with Crippen molar-refractivity contribution in [2.75, 3.05) is 26.3 Å². The molecule has 158 valence electrons. The second-order valence-electron chi connectivity index (χ2n) is 7.09. The van der Waals surface area contributed by atoms with Crippen molar-refractivity contribution in [3.8, 4) is 0 Å². The Morgan fingerprint density at radius 3 is 2.46 bits per heavy atom. The van der Waals surface area contributed by atoms with Crippen LogP contribution in [0.5, 0.6) is 0 Å². The second-order valence-corrected chi connectivity index (χ2v) is 7.09. The van der Waals surface area contributed by atoms with Crippen LogP contribution in [0.2, 0.25) is 0 Å². The zero-order valence-electron chi connectivity index (χ0n) is 15.5. The second kappa shape index (κ2) is 10.1. The fourth-order valence-electron chi connectivity index (χ4n) is 3.49. The molecule has 0 unspecified atom stereocenters. The highest BCUT2D eigenvalue weighted by Crippen LogP contribution is 2.33. The maximum Gasteiger partial charge on any atom is 0.419 e. The predicted octanol–water partition coefficient (Wildman–Crippen LogP) is 4.88. The maximum absolute atomic E-state index is 12.5. The number of nitrogens with one attached hydrogen (secondary N) is 1. The molecular weight excluding hydrogens is 380 g/mol. The molecular formula is C19H25F4N2O3-. The number of piperidine rings is 1. The van der Waals surface area contributed by atoms with E-state index in [0.29, 0.717) is 18.1 Å². The minimum Gasteiger partial charge on any atom is -0.699 e. The maximum atomic E-state index is 12.5. The average molecular weight is 405 g/mol. The van der Waals surface area contributed by atoms with Crippen molar-refractivity contribution in [1.82, 2.24) is 4.90 Å². The molecule has 2 saturated heterocycles. The fraction of sp³-hybridized carbons (Fsp3) is 0.632. The normalized spacial score (nSPS) is 21.6. The molecule has 2 heterocycles. The summed E-state index contributed by atoms with van der Waals surface area (Å²) in [6, 6.07) is 1.81. The Morgan fingerprint density at radius 2 is 1.89 bits per heavy atom. The van der Waals surface area contributed by atoms with E-state index in [2.05, 4.69) is 4.90 Å². The summed E-state index contributed by atoms with van der Waals surface area (Å²) in [6.45, 7) is 3.58. The van der Waals surface area contributed by atoms with Crippen molar-refractivity contribution in [2.45, 2.75) is 44.3 Å². The number of alkyl halides is 3. The van der Waals surface area contributed by atoms with Crippen LogP contribution >= 0.6 is 0 Å². The number of aliphatic carboxylic acids is 1. The summed E-state index contributed by atoms with van der Waals surface area (Å²) < 4.78 is 53.5. The minimum absolute atomic E-state index is 0.239. The molecule has 0 radical (unpaired) electrons. The van der Waals surface area contributed by atoms with E-state index in [9.17, 15) is 27.5 Å². The van der Waals surface area contributed by atoms with Gasteiger partial charge in [-0.3, -0.25) is 9.69 Å². The van der Waals surface area contributed by atoms with Crippen LogP contribution in [-0.2, 0) is 15.7 Å². The quantitative estimate of drug-likeness (QED) is 0.728. The van der Waals surface area contributed by atoms with E-state index >= 15 is 0 Å². The van der Waals surface area contributed by atoms with Gasteiger partial charge in [0.1, 0.15) is 11.9 Å². The molecule has 0 spiro atoms. The Morgan fingerprint density at radius 1 is 1.21 bits per heavy atom. The Labute approximate surface area is 161 Å². The molecule has 0 amide bonds. The van der Waals surface area contributed by atoms with E-state index in [1.807, 2.05) is 0 Å². The molecule has 5 nitrogen and oxygen atoms in total. The molecule has 2 N–H and O–H groups in total. The highest BCUT2D eigenvalue weighted by molar-refractivity contribution is 5.73. The van der Waals surface area contributed by atoms with Crippen molar-refractivity contribution in [3.63, 3.8) is 0 Å². The molecule has 1 atom stereocenters. The summed E-state index contributed by atoms with van der Waals surface area (Å²) in [6.07, 6.45) is 0.472. The summed E-state index contributed by atoms with van der Waals surface area (Å²) in [7, 11) is 0. The molecule has 1 aromatic rings. The fourth-order valence-corrected chi connectivity index (χ4v) is 3.49. The smallest absolute Gasteiger partial charge is 0.419 e. The molecule has 9 heteroatoms. The molecule has 0 bridgehead atoms. The summed E-state index contributed by atoms with van der Waals surface area (Å²) in [5.41, 5.74) is 5.09. The zero-order chi connectivity index (χ0) is 20.7. The lowest BCUT2D eigenvalue weighted by atomic mass is 9.95. The van der Waals surface area contributed by atoms with Crippen LogP contribution in [0, 0.1) is 11.7 Å². The number of hydrogen-bond acceptors (Lipinski definition) is 3. The summed E-state index contributed by atoms with van der Waals surface area (Å²) >= 11 is 0. The first kappa shape index (κ1) is 22.4. The highest BCUT2D eigenvalue weighted by atomic mass is 19.4. The molecule has 2 fully saturated rings. The molecule has 0 saturated carbocycles. The number of carbonyl (C=O) groups is 1. The van der Waals surface area contributed by atoms with Gasteiger partial charge in [0, 0.05) is 19.8 Å². The zero-order valence-corrected chi connectivity index (χ0v) is 15.5. The van der Waals surface area contributed by atoms with Gasteiger partial charge in [-0.2, -0.15) is 13.2 Å². The summed E-state index contributed by atoms with van der Waals surface area (Å²) in [5, 5.41) is 9.17. The largest absolute Gasteiger partial charge is 0.699 e. The Balaban J connectivity index is 0.000000209. The van der Waals surface area contributed by atoms with Gasteiger partial charge in [-0.25, -0.2) is 4.39 Å². The van der Waals surface area contributed by atoms with Gasteiger partial charge in [-0.05, 0) is 44.2 Å². The molecule has 3 rings (SSSR count). The first-order chi connectivity index (χ1) is 13.2. The predicted molar refractivity (Wildman–Crippen MR) is 95.8 cm³/mol. The lowest BCUT2D eigenvalue weighted by Crippen LogP contribution is -2.47. The number of likely N-dealkylation sites (tertiary alicyclic amines) is 1. The molecule has 1 aromatic carbocycles. The van der Waals surface area contributed by atoms with Gasteiger partial charge >= 0.3 is 12.1 Å². The van der Waals surface area contributed by atoms with E-state index in [-0.39, 0.29) is 11.7 Å². The number of carboxylic acid groups (broad SMARTS) is 1. The van der Waals surface area contributed by atoms with Gasteiger partial charge < -0.3 is 15.6 Å². The molecule has 2 aliphatic rings. The number of halogens is 4. The van der Waals surface area contributed by atoms with Crippen LogP contribution in [-0.4, -0.2) is 48.3 Å². The van der Waals surface area contributed by atoms with Crippen LogP contribution in [0.25, 0.3) is 5.73 Å². The number of hydrogen-bond donors (Lipinski definition) is 1.